The molecule has 1 nitrogen and oxygen atoms in total. The van der Waals surface area contributed by atoms with Gasteiger partial charge in [-0.15, -0.1) is 6.58 Å². The van der Waals surface area contributed by atoms with Crippen LogP contribution in [0.2, 0.25) is 0 Å². The number of allylic oxidation sites excluding steroid dienone is 1. The maximum atomic E-state index is 3.82. The van der Waals surface area contributed by atoms with Gasteiger partial charge in [-0.05, 0) is 37.5 Å². The first-order valence-electron chi connectivity index (χ1n) is 6.34. The molecule has 1 aliphatic carbocycles. The van der Waals surface area contributed by atoms with E-state index in [1.807, 2.05) is 6.08 Å². The Bertz CT molecular complexity index is 207. The molecule has 1 aliphatic rings. The molecule has 15 heavy (non-hydrogen) atoms. The first kappa shape index (κ1) is 12.8. The third kappa shape index (κ3) is 3.34. The number of nitrogens with one attached hydrogen (secondary N) is 1. The summed E-state index contributed by atoms with van der Waals surface area (Å²) in [5.41, 5.74) is 0.488. The van der Waals surface area contributed by atoms with E-state index in [0.29, 0.717) is 23.4 Å². The summed E-state index contributed by atoms with van der Waals surface area (Å²) < 4.78 is 0. The lowest BCUT2D eigenvalue weighted by Crippen LogP contribution is -2.45. The maximum Gasteiger partial charge on any atom is 0.0121 e. The summed E-state index contributed by atoms with van der Waals surface area (Å²) in [6, 6.07) is 1.31. The molecule has 0 aromatic carbocycles. The van der Waals surface area contributed by atoms with Crippen molar-refractivity contribution >= 4 is 0 Å². The first-order valence-corrected chi connectivity index (χ1v) is 6.34. The number of hydrogen-bond donors (Lipinski definition) is 1. The molecule has 0 aliphatic heterocycles. The van der Waals surface area contributed by atoms with Gasteiger partial charge in [-0.2, -0.15) is 0 Å². The molecule has 1 heteroatoms. The molecule has 0 heterocycles. The second kappa shape index (κ2) is 5.16. The van der Waals surface area contributed by atoms with Crippen molar-refractivity contribution in [3.8, 4) is 0 Å². The Hall–Kier alpha value is -0.300. The minimum Gasteiger partial charge on any atom is -0.311 e. The van der Waals surface area contributed by atoms with Crippen LogP contribution >= 0.6 is 0 Å². The number of hydrogen-bond acceptors (Lipinski definition) is 1. The highest BCUT2D eigenvalue weighted by Gasteiger charge is 2.35. The van der Waals surface area contributed by atoms with Crippen LogP contribution in [0, 0.1) is 11.3 Å². The van der Waals surface area contributed by atoms with Gasteiger partial charge in [0.25, 0.3) is 0 Å². The smallest absolute Gasteiger partial charge is 0.0121 e. The molecule has 88 valence electrons. The van der Waals surface area contributed by atoms with Gasteiger partial charge in [-0.1, -0.05) is 33.3 Å². The van der Waals surface area contributed by atoms with Crippen LogP contribution in [0.15, 0.2) is 12.7 Å². The van der Waals surface area contributed by atoms with Gasteiger partial charge in [0.1, 0.15) is 0 Å². The third-order valence-electron chi connectivity index (χ3n) is 4.11. The normalized spacial score (nSPS) is 28.7. The molecule has 0 spiro atoms. The van der Waals surface area contributed by atoms with Gasteiger partial charge in [0.15, 0.2) is 0 Å². The van der Waals surface area contributed by atoms with Gasteiger partial charge in [0.2, 0.25) is 0 Å². The van der Waals surface area contributed by atoms with Crippen LogP contribution in [-0.4, -0.2) is 12.1 Å². The zero-order valence-corrected chi connectivity index (χ0v) is 10.8. The summed E-state index contributed by atoms with van der Waals surface area (Å²) in [4.78, 5) is 0. The average molecular weight is 209 g/mol. The summed E-state index contributed by atoms with van der Waals surface area (Å²) in [6.07, 6.45) is 7.24. The molecular formula is C14H27N. The van der Waals surface area contributed by atoms with E-state index in [1.165, 1.54) is 19.3 Å². The Labute approximate surface area is 95.3 Å². The van der Waals surface area contributed by atoms with E-state index in [1.54, 1.807) is 0 Å². The van der Waals surface area contributed by atoms with Crippen LogP contribution in [-0.2, 0) is 0 Å². The minimum atomic E-state index is 0.488. The minimum absolute atomic E-state index is 0.488. The first-order chi connectivity index (χ1) is 6.97. The van der Waals surface area contributed by atoms with E-state index in [2.05, 4.69) is 39.6 Å². The molecule has 3 unspecified atom stereocenters. The Morgan fingerprint density at radius 2 is 2.13 bits per heavy atom. The molecule has 0 aromatic heterocycles. The highest BCUT2D eigenvalue weighted by atomic mass is 15.0. The number of rotatable bonds is 5. The van der Waals surface area contributed by atoms with Crippen molar-refractivity contribution in [2.24, 2.45) is 11.3 Å². The van der Waals surface area contributed by atoms with Gasteiger partial charge in [0.05, 0.1) is 0 Å². The molecular weight excluding hydrogens is 182 g/mol. The van der Waals surface area contributed by atoms with Crippen molar-refractivity contribution in [3.63, 3.8) is 0 Å². The lowest BCUT2D eigenvalue weighted by molar-refractivity contribution is 0.242. The van der Waals surface area contributed by atoms with Crippen molar-refractivity contribution in [3.05, 3.63) is 12.7 Å². The Kier molecular flexibility index (Phi) is 4.39. The Balaban J connectivity index is 2.43. The SMILES string of the molecule is C=CCC(C)C(C)NC1CCCC1(C)C. The second-order valence-electron chi connectivity index (χ2n) is 5.89. The maximum absolute atomic E-state index is 3.82. The van der Waals surface area contributed by atoms with Crippen molar-refractivity contribution in [2.45, 2.75) is 65.5 Å². The van der Waals surface area contributed by atoms with Crippen molar-refractivity contribution in [2.75, 3.05) is 0 Å². The molecule has 0 bridgehead atoms. The van der Waals surface area contributed by atoms with Crippen LogP contribution < -0.4 is 5.32 Å². The van der Waals surface area contributed by atoms with E-state index < -0.39 is 0 Å². The van der Waals surface area contributed by atoms with Crippen LogP contribution in [0.5, 0.6) is 0 Å². The van der Waals surface area contributed by atoms with Crippen LogP contribution in [0.3, 0.4) is 0 Å². The van der Waals surface area contributed by atoms with Crippen LogP contribution in [0.4, 0.5) is 0 Å². The molecule has 3 atom stereocenters. The van der Waals surface area contributed by atoms with Crippen molar-refractivity contribution in [1.82, 2.24) is 5.32 Å². The standard InChI is InChI=1S/C14H27N/c1-6-8-11(2)12(3)15-13-9-7-10-14(13,4)5/h6,11-13,15H,1,7-10H2,2-5H3. The van der Waals surface area contributed by atoms with Crippen molar-refractivity contribution in [1.29, 1.82) is 0 Å². The molecule has 1 rings (SSSR count). The zero-order chi connectivity index (χ0) is 11.5. The molecule has 0 amide bonds. The monoisotopic (exact) mass is 209 g/mol. The van der Waals surface area contributed by atoms with Crippen molar-refractivity contribution < 1.29 is 0 Å². The lowest BCUT2D eigenvalue weighted by Gasteiger charge is -2.32. The quantitative estimate of drug-likeness (QED) is 0.680. The fraction of sp³-hybridized carbons (Fsp3) is 0.857. The van der Waals surface area contributed by atoms with E-state index in [-0.39, 0.29) is 0 Å². The van der Waals surface area contributed by atoms with Gasteiger partial charge >= 0.3 is 0 Å². The van der Waals surface area contributed by atoms with E-state index >= 15 is 0 Å². The predicted octanol–water partition coefficient (Wildman–Crippen LogP) is 3.76. The fourth-order valence-corrected chi connectivity index (χ4v) is 2.58. The summed E-state index contributed by atoms with van der Waals surface area (Å²) in [5, 5.41) is 3.81. The molecule has 0 radical (unpaired) electrons. The van der Waals surface area contributed by atoms with E-state index in [4.69, 9.17) is 0 Å². The highest BCUT2D eigenvalue weighted by molar-refractivity contribution is 4.92. The second-order valence-corrected chi connectivity index (χ2v) is 5.89. The summed E-state index contributed by atoms with van der Waals surface area (Å²) in [6.45, 7) is 13.2. The Morgan fingerprint density at radius 1 is 1.47 bits per heavy atom. The van der Waals surface area contributed by atoms with Crippen LogP contribution in [0.1, 0.15) is 53.4 Å². The van der Waals surface area contributed by atoms with E-state index in [9.17, 15) is 0 Å². The predicted molar refractivity (Wildman–Crippen MR) is 68.0 cm³/mol. The van der Waals surface area contributed by atoms with Crippen LogP contribution in [0.25, 0.3) is 0 Å². The summed E-state index contributed by atoms with van der Waals surface area (Å²) in [7, 11) is 0. The molecule has 1 N–H and O–H groups in total. The van der Waals surface area contributed by atoms with Gasteiger partial charge in [-0.3, -0.25) is 0 Å². The molecule has 0 aromatic rings. The lowest BCUT2D eigenvalue weighted by atomic mass is 9.86. The molecule has 1 saturated carbocycles. The summed E-state index contributed by atoms with van der Waals surface area (Å²) >= 11 is 0. The Morgan fingerprint density at radius 3 is 2.60 bits per heavy atom. The molecule has 1 fully saturated rings. The third-order valence-corrected chi connectivity index (χ3v) is 4.11. The van der Waals surface area contributed by atoms with Gasteiger partial charge in [-0.25, -0.2) is 0 Å². The fourth-order valence-electron chi connectivity index (χ4n) is 2.58. The molecule has 0 saturated heterocycles. The van der Waals surface area contributed by atoms with Gasteiger partial charge in [0, 0.05) is 12.1 Å². The van der Waals surface area contributed by atoms with E-state index in [0.717, 1.165) is 6.42 Å². The topological polar surface area (TPSA) is 12.0 Å². The highest BCUT2D eigenvalue weighted by Crippen LogP contribution is 2.37. The average Bonchev–Trinajstić information content (AvgIpc) is 2.46. The van der Waals surface area contributed by atoms with Gasteiger partial charge < -0.3 is 5.32 Å². The largest absolute Gasteiger partial charge is 0.311 e. The summed E-state index contributed by atoms with van der Waals surface area (Å²) in [5.74, 6) is 0.693. The zero-order valence-electron chi connectivity index (χ0n) is 10.8.